The van der Waals surface area contributed by atoms with E-state index in [1.807, 2.05) is 31.2 Å². The lowest BCUT2D eigenvalue weighted by atomic mass is 10.0. The van der Waals surface area contributed by atoms with Crippen LogP contribution >= 0.6 is 0 Å². The normalized spacial score (nSPS) is 17.0. The molecule has 4 rings (SSSR count). The number of amides is 1. The summed E-state index contributed by atoms with van der Waals surface area (Å²) in [6.07, 6.45) is 3.41. The molecule has 1 N–H and O–H groups in total. The molecule has 5 nitrogen and oxygen atoms in total. The van der Waals surface area contributed by atoms with Crippen molar-refractivity contribution in [2.75, 3.05) is 11.4 Å². The maximum atomic E-state index is 12.9. The topological polar surface area (TPSA) is 66.5 Å². The minimum absolute atomic E-state index is 0.0438. The molecule has 0 spiro atoms. The van der Waals surface area contributed by atoms with E-state index in [1.54, 1.807) is 23.1 Å². The Hall–Kier alpha value is -2.18. The molecule has 1 aliphatic heterocycles. The molecule has 1 aliphatic carbocycles. The van der Waals surface area contributed by atoms with Crippen LogP contribution in [0.3, 0.4) is 0 Å². The van der Waals surface area contributed by atoms with Crippen LogP contribution in [0.15, 0.2) is 47.4 Å². The lowest BCUT2D eigenvalue weighted by Gasteiger charge is -2.30. The smallest absolute Gasteiger partial charge is 0.258 e. The fourth-order valence-corrected chi connectivity index (χ4v) is 4.65. The van der Waals surface area contributed by atoms with Gasteiger partial charge in [-0.15, -0.1) is 0 Å². The van der Waals surface area contributed by atoms with Crippen molar-refractivity contribution < 1.29 is 13.2 Å². The summed E-state index contributed by atoms with van der Waals surface area (Å²) in [6, 6.07) is 12.7. The second-order valence-corrected chi connectivity index (χ2v) is 8.83. The molecule has 2 aromatic rings. The van der Waals surface area contributed by atoms with Crippen LogP contribution in [0.4, 0.5) is 5.69 Å². The van der Waals surface area contributed by atoms with Gasteiger partial charge in [0.15, 0.2) is 0 Å². The number of benzene rings is 2. The van der Waals surface area contributed by atoms with E-state index in [0.717, 1.165) is 42.5 Å². The first-order valence-electron chi connectivity index (χ1n) is 8.98. The minimum atomic E-state index is -3.48. The van der Waals surface area contributed by atoms with E-state index in [1.165, 1.54) is 0 Å². The van der Waals surface area contributed by atoms with E-state index in [4.69, 9.17) is 0 Å². The first-order chi connectivity index (χ1) is 12.4. The number of rotatable bonds is 4. The number of hydrogen-bond donors (Lipinski definition) is 1. The second kappa shape index (κ2) is 6.52. The zero-order valence-corrected chi connectivity index (χ0v) is 15.6. The zero-order chi connectivity index (χ0) is 18.3. The summed E-state index contributed by atoms with van der Waals surface area (Å²) in [4.78, 5) is 14.9. The lowest BCUT2D eigenvalue weighted by Crippen LogP contribution is -2.35. The standard InChI is InChI=1S/C20H22N2O3S/c1-14-4-6-15(7-5-14)20(23)22-12-2-3-16-13-18(10-11-19(16)22)26(24,25)21-17-8-9-17/h4-7,10-11,13,17,21H,2-3,8-9,12H2,1H3. The minimum Gasteiger partial charge on any atom is -0.308 e. The van der Waals surface area contributed by atoms with Gasteiger partial charge in [-0.3, -0.25) is 4.79 Å². The van der Waals surface area contributed by atoms with E-state index < -0.39 is 10.0 Å². The molecule has 2 aliphatic rings. The Kier molecular flexibility index (Phi) is 4.32. The molecule has 1 amide bonds. The van der Waals surface area contributed by atoms with Crippen LogP contribution in [0.2, 0.25) is 0 Å². The van der Waals surface area contributed by atoms with Gasteiger partial charge in [0.25, 0.3) is 5.91 Å². The third-order valence-electron chi connectivity index (χ3n) is 4.92. The maximum absolute atomic E-state index is 12.9. The van der Waals surface area contributed by atoms with Crippen LogP contribution in [0.1, 0.15) is 40.7 Å². The predicted molar refractivity (Wildman–Crippen MR) is 101 cm³/mol. The van der Waals surface area contributed by atoms with Gasteiger partial charge in [0.05, 0.1) is 4.90 Å². The van der Waals surface area contributed by atoms with Gasteiger partial charge in [0, 0.05) is 23.8 Å². The van der Waals surface area contributed by atoms with E-state index in [2.05, 4.69) is 4.72 Å². The molecule has 0 atom stereocenters. The van der Waals surface area contributed by atoms with E-state index in [-0.39, 0.29) is 16.8 Å². The summed E-state index contributed by atoms with van der Waals surface area (Å²) >= 11 is 0. The summed E-state index contributed by atoms with van der Waals surface area (Å²) in [5, 5.41) is 0. The number of sulfonamides is 1. The summed E-state index contributed by atoms with van der Waals surface area (Å²) in [7, 11) is -3.48. The number of carbonyl (C=O) groups is 1. The molecule has 136 valence electrons. The third-order valence-corrected chi connectivity index (χ3v) is 6.44. The van der Waals surface area contributed by atoms with Crippen LogP contribution in [0.5, 0.6) is 0 Å². The highest BCUT2D eigenvalue weighted by molar-refractivity contribution is 7.89. The molecule has 0 bridgehead atoms. The summed E-state index contributed by atoms with van der Waals surface area (Å²) in [5.41, 5.74) is 3.48. The largest absolute Gasteiger partial charge is 0.308 e. The Labute approximate surface area is 154 Å². The van der Waals surface area contributed by atoms with Crippen molar-refractivity contribution in [2.45, 2.75) is 43.5 Å². The molecule has 1 fully saturated rings. The van der Waals surface area contributed by atoms with Crippen LogP contribution < -0.4 is 9.62 Å². The van der Waals surface area contributed by atoms with Crippen LogP contribution in [0, 0.1) is 6.92 Å². The van der Waals surface area contributed by atoms with Crippen molar-refractivity contribution in [3.8, 4) is 0 Å². The quantitative estimate of drug-likeness (QED) is 0.900. The number of hydrogen-bond acceptors (Lipinski definition) is 3. The highest BCUT2D eigenvalue weighted by Gasteiger charge is 2.30. The van der Waals surface area contributed by atoms with Gasteiger partial charge < -0.3 is 4.90 Å². The van der Waals surface area contributed by atoms with E-state index >= 15 is 0 Å². The molecule has 0 radical (unpaired) electrons. The molecule has 1 heterocycles. The fourth-order valence-electron chi connectivity index (χ4n) is 3.29. The van der Waals surface area contributed by atoms with Gasteiger partial charge in [0.1, 0.15) is 0 Å². The van der Waals surface area contributed by atoms with Crippen molar-refractivity contribution in [3.05, 3.63) is 59.2 Å². The molecular weight excluding hydrogens is 348 g/mol. The van der Waals surface area contributed by atoms with Gasteiger partial charge >= 0.3 is 0 Å². The summed E-state index contributed by atoms with van der Waals surface area (Å²) in [6.45, 7) is 2.63. The molecule has 0 aromatic heterocycles. The average Bonchev–Trinajstić information content (AvgIpc) is 3.44. The molecule has 2 aromatic carbocycles. The second-order valence-electron chi connectivity index (χ2n) is 7.11. The zero-order valence-electron chi connectivity index (χ0n) is 14.7. The summed E-state index contributed by atoms with van der Waals surface area (Å²) < 4.78 is 27.6. The van der Waals surface area contributed by atoms with Gasteiger partial charge in [-0.2, -0.15) is 0 Å². The Bertz CT molecular complexity index is 948. The van der Waals surface area contributed by atoms with Crippen LogP contribution in [-0.2, 0) is 16.4 Å². The van der Waals surface area contributed by atoms with E-state index in [9.17, 15) is 13.2 Å². The van der Waals surface area contributed by atoms with Gasteiger partial charge in [0.2, 0.25) is 10.0 Å². The molecular formula is C20H22N2O3S. The Morgan fingerprint density at radius 3 is 2.54 bits per heavy atom. The molecule has 0 unspecified atom stereocenters. The summed E-state index contributed by atoms with van der Waals surface area (Å²) in [5.74, 6) is -0.0438. The Morgan fingerprint density at radius 2 is 1.85 bits per heavy atom. The van der Waals surface area contributed by atoms with E-state index in [0.29, 0.717) is 12.1 Å². The monoisotopic (exact) mass is 370 g/mol. The molecule has 0 saturated heterocycles. The Morgan fingerprint density at radius 1 is 1.12 bits per heavy atom. The van der Waals surface area contributed by atoms with Crippen molar-refractivity contribution >= 4 is 21.6 Å². The average molecular weight is 370 g/mol. The first kappa shape index (κ1) is 17.2. The lowest BCUT2D eigenvalue weighted by molar-refractivity contribution is 0.0985. The SMILES string of the molecule is Cc1ccc(C(=O)N2CCCc3cc(S(=O)(=O)NC4CC4)ccc32)cc1. The number of anilines is 1. The van der Waals surface area contributed by atoms with Crippen molar-refractivity contribution in [1.29, 1.82) is 0 Å². The highest BCUT2D eigenvalue weighted by Crippen LogP contribution is 2.31. The molecule has 6 heteroatoms. The van der Waals surface area contributed by atoms with Gasteiger partial charge in [-0.1, -0.05) is 17.7 Å². The highest BCUT2D eigenvalue weighted by atomic mass is 32.2. The molecule has 1 saturated carbocycles. The number of nitrogens with zero attached hydrogens (tertiary/aromatic N) is 1. The molecule has 26 heavy (non-hydrogen) atoms. The van der Waals surface area contributed by atoms with Crippen LogP contribution in [-0.4, -0.2) is 26.9 Å². The maximum Gasteiger partial charge on any atom is 0.258 e. The number of nitrogens with one attached hydrogen (secondary N) is 1. The van der Waals surface area contributed by atoms with Crippen LogP contribution in [0.25, 0.3) is 0 Å². The third kappa shape index (κ3) is 3.39. The first-order valence-corrected chi connectivity index (χ1v) is 10.5. The number of aryl methyl sites for hydroxylation is 2. The van der Waals surface area contributed by atoms with Gasteiger partial charge in [-0.25, -0.2) is 13.1 Å². The van der Waals surface area contributed by atoms with Crippen molar-refractivity contribution in [2.24, 2.45) is 0 Å². The predicted octanol–water partition coefficient (Wildman–Crippen LogP) is 3.03. The fraction of sp³-hybridized carbons (Fsp3) is 0.350. The number of fused-ring (bicyclic) bond motifs is 1. The van der Waals surface area contributed by atoms with Crippen molar-refractivity contribution in [1.82, 2.24) is 4.72 Å². The van der Waals surface area contributed by atoms with Gasteiger partial charge in [-0.05, 0) is 68.5 Å². The number of carbonyl (C=O) groups excluding carboxylic acids is 1. The van der Waals surface area contributed by atoms with Crippen molar-refractivity contribution in [3.63, 3.8) is 0 Å². The Balaban J connectivity index is 1.64.